The zero-order chi connectivity index (χ0) is 25.1. The quantitative estimate of drug-likeness (QED) is 0.216. The van der Waals surface area contributed by atoms with Crippen molar-refractivity contribution in [2.24, 2.45) is 0 Å². The molecule has 1 fully saturated rings. The van der Waals surface area contributed by atoms with Gasteiger partial charge in [0.25, 0.3) is 11.8 Å². The number of aliphatic hydroxyl groups is 1. The summed E-state index contributed by atoms with van der Waals surface area (Å²) in [6, 6.07) is 7.33. The van der Waals surface area contributed by atoms with E-state index in [4.69, 9.17) is 5.11 Å². The van der Waals surface area contributed by atoms with Crippen molar-refractivity contribution in [3.8, 4) is 0 Å². The highest BCUT2D eigenvalue weighted by molar-refractivity contribution is 8.01. The van der Waals surface area contributed by atoms with Crippen molar-refractivity contribution in [2.75, 3.05) is 11.5 Å². The zero-order valence-corrected chi connectivity index (χ0v) is 19.7. The summed E-state index contributed by atoms with van der Waals surface area (Å²) >= 11 is 2.51. The molecule has 1 aromatic heterocycles. The molecule has 0 spiro atoms. The van der Waals surface area contributed by atoms with Crippen LogP contribution in [-0.4, -0.2) is 82.3 Å². The third-order valence-corrected chi connectivity index (χ3v) is 7.89. The molecule has 1 saturated heterocycles. The summed E-state index contributed by atoms with van der Waals surface area (Å²) < 4.78 is 0. The number of rotatable bonds is 10. The molecule has 1 aromatic carbocycles. The molecule has 0 saturated carbocycles. The molecule has 4 rings (SSSR count). The Hall–Kier alpha value is -3.36. The number of fused-ring (bicyclic) bond motifs is 1. The maximum Gasteiger partial charge on any atom is 0.352 e. The van der Waals surface area contributed by atoms with E-state index in [0.29, 0.717) is 27.6 Å². The Morgan fingerprint density at radius 2 is 1.97 bits per heavy atom. The van der Waals surface area contributed by atoms with Gasteiger partial charge in [0, 0.05) is 17.9 Å². The lowest BCUT2D eigenvalue weighted by Crippen LogP contribution is -2.70. The molecule has 3 atom stereocenters. The van der Waals surface area contributed by atoms with Crippen LogP contribution < -0.4 is 5.32 Å². The van der Waals surface area contributed by atoms with Crippen molar-refractivity contribution in [3.05, 3.63) is 52.9 Å². The highest BCUT2D eigenvalue weighted by Gasteiger charge is 2.54. The van der Waals surface area contributed by atoms with Crippen LogP contribution in [0.1, 0.15) is 23.8 Å². The second kappa shape index (κ2) is 10.5. The standard InChI is InChI=1S/C21H21N5O7S2/c27-13(28)7-6-12-18(24-25-23-12)34-8-11-9-35-20-14(19(31)26(20)15(11)21(32)33)22-17(30)16(29)10-4-2-1-3-5-10/h1-5,14,16,20,29H,6-9H2,(H,22,30)(H,27,28)(H,32,33)(H,23,24,25)/t14?,16-,20-/m1/s1. The number of H-pyrrole nitrogens is 1. The molecular formula is C21H21N5O7S2. The molecule has 1 unspecified atom stereocenters. The third kappa shape index (κ3) is 5.18. The Morgan fingerprint density at radius 1 is 1.23 bits per heavy atom. The number of amides is 2. The van der Waals surface area contributed by atoms with Gasteiger partial charge in [0.15, 0.2) is 6.10 Å². The number of hydrogen-bond acceptors (Lipinski definition) is 9. The van der Waals surface area contributed by atoms with Crippen LogP contribution in [0, 0.1) is 0 Å². The number of aromatic nitrogens is 3. The van der Waals surface area contributed by atoms with E-state index in [-0.39, 0.29) is 24.3 Å². The third-order valence-electron chi connectivity index (χ3n) is 5.45. The van der Waals surface area contributed by atoms with E-state index < -0.39 is 41.3 Å². The van der Waals surface area contributed by atoms with Crippen molar-refractivity contribution in [1.82, 2.24) is 25.6 Å². The average Bonchev–Trinajstić information content (AvgIpc) is 3.31. The summed E-state index contributed by atoms with van der Waals surface area (Å²) in [6.07, 6.45) is -1.39. The first-order valence-electron chi connectivity index (χ1n) is 10.5. The van der Waals surface area contributed by atoms with E-state index in [9.17, 15) is 29.4 Å². The molecule has 2 amide bonds. The van der Waals surface area contributed by atoms with Crippen LogP contribution in [0.4, 0.5) is 0 Å². The number of β-lactam (4-membered cyclic amide) rings is 1. The van der Waals surface area contributed by atoms with Crippen molar-refractivity contribution in [1.29, 1.82) is 0 Å². The number of carboxylic acid groups (broad SMARTS) is 2. The first kappa shape index (κ1) is 24.8. The van der Waals surface area contributed by atoms with Gasteiger partial charge in [0.05, 0.1) is 12.1 Å². The Kier molecular flexibility index (Phi) is 7.42. The smallest absolute Gasteiger partial charge is 0.352 e. The topological polar surface area (TPSA) is 186 Å². The van der Waals surface area contributed by atoms with Crippen LogP contribution in [0.5, 0.6) is 0 Å². The molecule has 184 valence electrons. The second-order valence-corrected chi connectivity index (χ2v) is 9.79. The minimum absolute atomic E-state index is 0.116. The summed E-state index contributed by atoms with van der Waals surface area (Å²) in [5.74, 6) is -3.03. The van der Waals surface area contributed by atoms with Gasteiger partial charge >= 0.3 is 11.9 Å². The fraction of sp³-hybridized carbons (Fsp3) is 0.333. The number of hydrogen-bond donors (Lipinski definition) is 5. The second-order valence-electron chi connectivity index (χ2n) is 7.72. The van der Waals surface area contributed by atoms with Crippen LogP contribution in [-0.2, 0) is 25.6 Å². The van der Waals surface area contributed by atoms with Crippen molar-refractivity contribution in [2.45, 2.75) is 35.4 Å². The van der Waals surface area contributed by atoms with Gasteiger partial charge in [-0.05, 0) is 11.1 Å². The number of aliphatic hydroxyl groups excluding tert-OH is 1. The van der Waals surface area contributed by atoms with Crippen molar-refractivity contribution < 1.29 is 34.5 Å². The number of aryl methyl sites for hydroxylation is 1. The molecule has 12 nitrogen and oxygen atoms in total. The van der Waals surface area contributed by atoms with Crippen molar-refractivity contribution in [3.63, 3.8) is 0 Å². The molecule has 2 aliphatic rings. The SMILES string of the molecule is O=C(O)CCc1n[nH]nc1SCC1=C(C(=O)O)N2C(=O)C(NC(=O)[C@H](O)c3ccccc3)[C@H]2SC1. The first-order valence-corrected chi connectivity index (χ1v) is 12.5. The summed E-state index contributed by atoms with van der Waals surface area (Å²) in [6.45, 7) is 0. The van der Waals surface area contributed by atoms with E-state index in [1.165, 1.54) is 23.5 Å². The zero-order valence-electron chi connectivity index (χ0n) is 18.1. The minimum atomic E-state index is -1.45. The maximum atomic E-state index is 12.8. The lowest BCUT2D eigenvalue weighted by Gasteiger charge is -2.49. The fourth-order valence-corrected chi connectivity index (χ4v) is 6.16. The Labute approximate surface area is 207 Å². The molecule has 35 heavy (non-hydrogen) atoms. The van der Waals surface area contributed by atoms with Gasteiger partial charge in [-0.1, -0.05) is 42.1 Å². The Morgan fingerprint density at radius 3 is 2.66 bits per heavy atom. The summed E-state index contributed by atoms with van der Waals surface area (Å²) in [4.78, 5) is 49.3. The highest BCUT2D eigenvalue weighted by atomic mass is 32.2. The Balaban J connectivity index is 1.43. The van der Waals surface area contributed by atoms with Gasteiger partial charge in [-0.15, -0.1) is 16.9 Å². The van der Waals surface area contributed by atoms with E-state index in [0.717, 1.165) is 4.90 Å². The van der Waals surface area contributed by atoms with Crippen LogP contribution in [0.2, 0.25) is 0 Å². The number of benzene rings is 1. The largest absolute Gasteiger partial charge is 0.481 e. The molecule has 0 aliphatic carbocycles. The molecule has 3 heterocycles. The number of carboxylic acids is 2. The lowest BCUT2D eigenvalue weighted by molar-refractivity contribution is -0.151. The minimum Gasteiger partial charge on any atom is -0.481 e. The summed E-state index contributed by atoms with van der Waals surface area (Å²) in [7, 11) is 0. The van der Waals surface area contributed by atoms with Gasteiger partial charge in [-0.2, -0.15) is 10.3 Å². The number of carbonyl (C=O) groups is 4. The number of aromatic amines is 1. The Bertz CT molecular complexity index is 1190. The van der Waals surface area contributed by atoms with Crippen LogP contribution >= 0.6 is 23.5 Å². The lowest BCUT2D eigenvalue weighted by atomic mass is 10.0. The average molecular weight is 520 g/mol. The van der Waals surface area contributed by atoms with Crippen LogP contribution in [0.25, 0.3) is 0 Å². The van der Waals surface area contributed by atoms with E-state index in [1.807, 2.05) is 0 Å². The number of thioether (sulfide) groups is 2. The van der Waals surface area contributed by atoms with E-state index >= 15 is 0 Å². The number of carbonyl (C=O) groups excluding carboxylic acids is 2. The van der Waals surface area contributed by atoms with Crippen LogP contribution in [0.3, 0.4) is 0 Å². The molecule has 0 radical (unpaired) electrons. The predicted molar refractivity (Wildman–Crippen MR) is 124 cm³/mol. The highest BCUT2D eigenvalue weighted by Crippen LogP contribution is 2.41. The number of aliphatic carboxylic acids is 2. The van der Waals surface area contributed by atoms with Crippen molar-refractivity contribution >= 4 is 47.3 Å². The molecule has 14 heteroatoms. The normalized spacial score (nSPS) is 20.1. The monoisotopic (exact) mass is 519 g/mol. The first-order chi connectivity index (χ1) is 16.8. The number of nitrogens with one attached hydrogen (secondary N) is 2. The van der Waals surface area contributed by atoms with Gasteiger partial charge in [0.2, 0.25) is 0 Å². The van der Waals surface area contributed by atoms with Crippen LogP contribution in [0.15, 0.2) is 46.6 Å². The molecule has 2 aliphatic heterocycles. The predicted octanol–water partition coefficient (Wildman–Crippen LogP) is 0.386. The van der Waals surface area contributed by atoms with Gasteiger partial charge in [-0.3, -0.25) is 19.3 Å². The van der Waals surface area contributed by atoms with Gasteiger partial charge in [0.1, 0.15) is 22.1 Å². The molecule has 2 aromatic rings. The van der Waals surface area contributed by atoms with E-state index in [1.54, 1.807) is 30.3 Å². The van der Waals surface area contributed by atoms with E-state index in [2.05, 4.69) is 20.7 Å². The molecular weight excluding hydrogens is 498 g/mol. The number of nitrogens with zero attached hydrogens (tertiary/aromatic N) is 3. The summed E-state index contributed by atoms with van der Waals surface area (Å²) in [5, 5.41) is 41.7. The molecule has 0 bridgehead atoms. The summed E-state index contributed by atoms with van der Waals surface area (Å²) in [5.41, 5.74) is 1.20. The van der Waals surface area contributed by atoms with Gasteiger partial charge in [-0.25, -0.2) is 4.79 Å². The van der Waals surface area contributed by atoms with Gasteiger partial charge < -0.3 is 20.6 Å². The maximum absolute atomic E-state index is 12.8. The molecule has 5 N–H and O–H groups in total. The fourth-order valence-electron chi connectivity index (χ4n) is 3.72.